The molecule has 2 aliphatic heterocycles. The Balaban J connectivity index is 1.15. The van der Waals surface area contributed by atoms with Crippen LogP contribution in [0.1, 0.15) is 346 Å². The van der Waals surface area contributed by atoms with Crippen molar-refractivity contribution >= 4 is 121 Å². The van der Waals surface area contributed by atoms with Gasteiger partial charge in [-0.25, -0.2) is 9.97 Å². The minimum atomic E-state index is -0.00490. The SMILES string of the molecule is CCCCCCCCCCCCc1cc(-c2nc3ccc(C4=C5C(=O)N(CC(CCCCCC)CCCCCCCC)C(c6ccc7nc(-c8cc(CCCCCCCCCCCC)c(Br)s8)sc7c6)=C5C(=O)N4CC(CCCCCC)CCCCCCCC)cc3s2)sc1Br. The van der Waals surface area contributed by atoms with Crippen LogP contribution in [0.25, 0.3) is 51.6 Å². The van der Waals surface area contributed by atoms with Crippen molar-refractivity contribution in [3.05, 3.63) is 89.5 Å². The number of carbonyl (C=O) groups is 2. The van der Waals surface area contributed by atoms with Gasteiger partial charge in [0.05, 0.1) is 60.3 Å². The first-order valence-corrected chi connectivity index (χ1v) is 44.5. The zero-order valence-electron chi connectivity index (χ0n) is 60.7. The van der Waals surface area contributed by atoms with E-state index in [4.69, 9.17) is 9.97 Å². The van der Waals surface area contributed by atoms with Gasteiger partial charge in [-0.05, 0) is 143 Å². The molecule has 96 heavy (non-hydrogen) atoms. The summed E-state index contributed by atoms with van der Waals surface area (Å²) in [4.78, 5) is 50.1. The third-order valence-electron chi connectivity index (χ3n) is 20.8. The van der Waals surface area contributed by atoms with Crippen LogP contribution >= 0.6 is 77.2 Å². The standard InChI is InChI=1S/C84H124Br2N4O2S4/c1-7-13-19-25-29-31-33-35-39-45-51-67-59-73(93-79(67)85)81-87-69-55-53-65(57-71(69)95-81)77-75-76(84(92)89(77)61-63(47-41-23-17-11-5)49-43-37-27-21-15-9-3)78(90(83(75)91)62-64(48-42-24-18-12-6)50-44-38-28-22-16-10-4)66-54-56-70-72(58-66)96-82(88-70)74-60-68(80(86)94-74)52-46-40-36-34-32-30-26-20-14-8-2/h53-60,63-64H,7-52,61-62H2,1-6H3. The van der Waals surface area contributed by atoms with E-state index in [1.807, 2.05) is 0 Å². The van der Waals surface area contributed by atoms with Crippen molar-refractivity contribution in [3.8, 4) is 19.8 Å². The molecule has 6 heterocycles. The number of aryl methyl sites for hydroxylation is 2. The van der Waals surface area contributed by atoms with E-state index in [2.05, 4.69) is 132 Å². The highest BCUT2D eigenvalue weighted by Crippen LogP contribution is 2.50. The topological polar surface area (TPSA) is 66.4 Å². The van der Waals surface area contributed by atoms with Crippen LogP contribution in [0.2, 0.25) is 0 Å². The maximum Gasteiger partial charge on any atom is 0.261 e. The van der Waals surface area contributed by atoms with Gasteiger partial charge in [0.1, 0.15) is 10.0 Å². The Morgan fingerprint density at radius 3 is 0.948 bits per heavy atom. The van der Waals surface area contributed by atoms with E-state index in [1.54, 1.807) is 45.3 Å². The Morgan fingerprint density at radius 2 is 0.635 bits per heavy atom. The number of amides is 2. The van der Waals surface area contributed by atoms with Crippen molar-refractivity contribution < 1.29 is 9.59 Å². The summed E-state index contributed by atoms with van der Waals surface area (Å²) in [6.07, 6.45) is 57.9. The summed E-state index contributed by atoms with van der Waals surface area (Å²) in [5.74, 6) is 0.651. The fourth-order valence-corrected chi connectivity index (χ4v) is 20.6. The maximum absolute atomic E-state index is 16.4. The molecule has 0 N–H and O–H groups in total. The van der Waals surface area contributed by atoms with Crippen LogP contribution in [0.15, 0.2) is 67.2 Å². The molecule has 0 saturated carbocycles. The highest BCUT2D eigenvalue weighted by Gasteiger charge is 2.49. The van der Waals surface area contributed by atoms with Crippen molar-refractivity contribution in [1.82, 2.24) is 19.8 Å². The van der Waals surface area contributed by atoms with Crippen molar-refractivity contribution in [2.75, 3.05) is 13.1 Å². The number of unbranched alkanes of at least 4 members (excludes halogenated alkanes) is 34. The molecule has 2 aromatic carbocycles. The molecule has 0 saturated heterocycles. The molecule has 12 heteroatoms. The van der Waals surface area contributed by atoms with Crippen LogP contribution in [-0.2, 0) is 22.4 Å². The number of hydrogen-bond donors (Lipinski definition) is 0. The fraction of sp³-hybridized carbons (Fsp3) is 0.667. The van der Waals surface area contributed by atoms with Crippen molar-refractivity contribution in [2.45, 2.75) is 337 Å². The van der Waals surface area contributed by atoms with Gasteiger partial charge in [-0.2, -0.15) is 0 Å². The smallest absolute Gasteiger partial charge is 0.261 e. The number of carbonyl (C=O) groups excluding carboxylic acids is 2. The zero-order valence-corrected chi connectivity index (χ0v) is 67.1. The van der Waals surface area contributed by atoms with Gasteiger partial charge in [0.15, 0.2) is 0 Å². The summed E-state index contributed by atoms with van der Waals surface area (Å²) in [7, 11) is 0. The Morgan fingerprint density at radius 1 is 0.354 bits per heavy atom. The molecule has 4 aromatic heterocycles. The van der Waals surface area contributed by atoms with Gasteiger partial charge in [-0.15, -0.1) is 45.3 Å². The lowest BCUT2D eigenvalue weighted by Crippen LogP contribution is -2.35. The van der Waals surface area contributed by atoms with Gasteiger partial charge in [0.2, 0.25) is 0 Å². The summed E-state index contributed by atoms with van der Waals surface area (Å²) >= 11 is 15.1. The van der Waals surface area contributed by atoms with Gasteiger partial charge in [0, 0.05) is 24.2 Å². The van der Waals surface area contributed by atoms with Crippen molar-refractivity contribution in [2.24, 2.45) is 11.8 Å². The first-order chi connectivity index (χ1) is 47.1. The lowest BCUT2D eigenvalue weighted by molar-refractivity contribution is -0.124. The van der Waals surface area contributed by atoms with Gasteiger partial charge >= 0.3 is 0 Å². The number of fused-ring (bicyclic) bond motifs is 3. The summed E-state index contributed by atoms with van der Waals surface area (Å²) in [5.41, 5.74) is 9.43. The number of halogens is 2. The average Bonchev–Trinajstić information content (AvgIpc) is 1.55. The van der Waals surface area contributed by atoms with E-state index in [0.29, 0.717) is 36.1 Å². The summed E-state index contributed by atoms with van der Waals surface area (Å²) in [6, 6.07) is 18.0. The molecule has 8 rings (SSSR count). The Bertz CT molecular complexity index is 3090. The third kappa shape index (κ3) is 24.1. The highest BCUT2D eigenvalue weighted by atomic mass is 79.9. The predicted octanol–water partition coefficient (Wildman–Crippen LogP) is 29.3. The van der Waals surface area contributed by atoms with Crippen LogP contribution in [0.3, 0.4) is 0 Å². The number of benzene rings is 2. The molecule has 0 spiro atoms. The third-order valence-corrected chi connectivity index (χ3v) is 27.1. The molecule has 6 aromatic rings. The molecule has 0 radical (unpaired) electrons. The van der Waals surface area contributed by atoms with Crippen LogP contribution < -0.4 is 0 Å². The summed E-state index contributed by atoms with van der Waals surface area (Å²) in [6.45, 7) is 15.0. The van der Waals surface area contributed by atoms with E-state index >= 15 is 9.59 Å². The van der Waals surface area contributed by atoms with E-state index < -0.39 is 0 Å². The molecule has 2 unspecified atom stereocenters. The quantitative estimate of drug-likeness (QED) is 0.0357. The van der Waals surface area contributed by atoms with Crippen LogP contribution in [0.5, 0.6) is 0 Å². The lowest BCUT2D eigenvalue weighted by Gasteiger charge is -2.30. The Kier molecular flexibility index (Phi) is 36.4. The monoisotopic (exact) mass is 1510 g/mol. The zero-order chi connectivity index (χ0) is 67.7. The average molecular weight is 1510 g/mol. The van der Waals surface area contributed by atoms with Gasteiger partial charge < -0.3 is 9.80 Å². The molecule has 2 atom stereocenters. The van der Waals surface area contributed by atoms with Crippen molar-refractivity contribution in [1.29, 1.82) is 0 Å². The second-order valence-electron chi connectivity index (χ2n) is 28.9. The van der Waals surface area contributed by atoms with Gasteiger partial charge in [-0.3, -0.25) is 9.59 Å². The number of aromatic nitrogens is 2. The molecule has 0 fully saturated rings. The molecular weight excluding hydrogens is 1390 g/mol. The number of nitrogens with zero attached hydrogens (tertiary/aromatic N) is 4. The lowest BCUT2D eigenvalue weighted by atomic mass is 9.93. The first-order valence-electron chi connectivity index (χ1n) is 39.6. The van der Waals surface area contributed by atoms with Crippen LogP contribution in [0, 0.1) is 11.8 Å². The van der Waals surface area contributed by atoms with Crippen molar-refractivity contribution in [3.63, 3.8) is 0 Å². The fourth-order valence-electron chi connectivity index (χ4n) is 15.0. The van der Waals surface area contributed by atoms with E-state index in [1.165, 1.54) is 272 Å². The number of rotatable bonds is 54. The molecule has 0 aliphatic carbocycles. The minimum Gasteiger partial charge on any atom is -0.307 e. The first kappa shape index (κ1) is 78.7. The van der Waals surface area contributed by atoms with E-state index in [0.717, 1.165) is 104 Å². The largest absolute Gasteiger partial charge is 0.307 e. The number of hydrogen-bond acceptors (Lipinski definition) is 8. The van der Waals surface area contributed by atoms with E-state index in [-0.39, 0.29) is 11.8 Å². The van der Waals surface area contributed by atoms with Crippen LogP contribution in [0.4, 0.5) is 0 Å². The number of thiophene rings is 2. The number of thiazole rings is 2. The van der Waals surface area contributed by atoms with E-state index in [9.17, 15) is 0 Å². The molecular formula is C84H124Br2N4O2S4. The Labute approximate surface area is 616 Å². The molecule has 530 valence electrons. The molecule has 6 nitrogen and oxygen atoms in total. The highest BCUT2D eigenvalue weighted by molar-refractivity contribution is 9.11. The second-order valence-corrected chi connectivity index (χ2v) is 35.7. The summed E-state index contributed by atoms with van der Waals surface area (Å²) < 4.78 is 4.62. The normalized spacial score (nSPS) is 14.2. The summed E-state index contributed by atoms with van der Waals surface area (Å²) in [5, 5.41) is 2.06. The Hall–Kier alpha value is -3.00. The maximum atomic E-state index is 16.4. The minimum absolute atomic E-state index is 0.00490. The van der Waals surface area contributed by atoms with Gasteiger partial charge in [-0.1, -0.05) is 298 Å². The van der Waals surface area contributed by atoms with Crippen LogP contribution in [-0.4, -0.2) is 44.7 Å². The predicted molar refractivity (Wildman–Crippen MR) is 430 cm³/mol. The van der Waals surface area contributed by atoms with Gasteiger partial charge in [0.25, 0.3) is 11.8 Å². The molecule has 0 bridgehead atoms. The molecule has 2 aliphatic rings. The molecule has 2 amide bonds. The second kappa shape index (κ2) is 44.4.